The Kier molecular flexibility index (Phi) is 6.29. The van der Waals surface area contributed by atoms with Crippen molar-refractivity contribution < 1.29 is 23.8 Å². The molecule has 3 heterocycles. The fraction of sp³-hybridized carbons (Fsp3) is 0.529. The number of methoxy groups -OCH3 is 2. The van der Waals surface area contributed by atoms with E-state index in [2.05, 4.69) is 28.6 Å². The maximum Gasteiger partial charge on any atom is 0.316 e. The summed E-state index contributed by atoms with van der Waals surface area (Å²) in [6.07, 6.45) is 0.756. The molecule has 0 spiro atoms. The summed E-state index contributed by atoms with van der Waals surface area (Å²) in [5.41, 5.74) is 0.923. The van der Waals surface area contributed by atoms with Crippen molar-refractivity contribution in [2.75, 3.05) is 25.7 Å². The molecular formula is C17H20N2O5S3. The molecule has 1 aliphatic rings. The number of fused-ring (bicyclic) bond motifs is 3. The van der Waals surface area contributed by atoms with Gasteiger partial charge < -0.3 is 14.2 Å². The number of hydrogen-bond acceptors (Lipinski definition) is 10. The summed E-state index contributed by atoms with van der Waals surface area (Å²) in [7, 11) is 2.71. The minimum atomic E-state index is -0.340. The van der Waals surface area contributed by atoms with E-state index in [1.54, 1.807) is 11.3 Å². The first kappa shape index (κ1) is 20.4. The van der Waals surface area contributed by atoms with E-state index in [0.29, 0.717) is 11.8 Å². The number of rotatable bonds is 6. The van der Waals surface area contributed by atoms with Crippen LogP contribution >= 0.6 is 34.9 Å². The van der Waals surface area contributed by atoms with Crippen LogP contribution in [-0.4, -0.2) is 53.2 Å². The van der Waals surface area contributed by atoms with E-state index in [1.165, 1.54) is 43.3 Å². The predicted octanol–water partition coefficient (Wildman–Crippen LogP) is 3.07. The molecule has 27 heavy (non-hydrogen) atoms. The third-order valence-electron chi connectivity index (χ3n) is 3.98. The van der Waals surface area contributed by atoms with Crippen molar-refractivity contribution in [2.45, 2.75) is 42.7 Å². The van der Waals surface area contributed by atoms with Gasteiger partial charge in [0.1, 0.15) is 9.86 Å². The van der Waals surface area contributed by atoms with Gasteiger partial charge in [0, 0.05) is 16.7 Å². The van der Waals surface area contributed by atoms with Gasteiger partial charge in [-0.2, -0.15) is 0 Å². The smallest absolute Gasteiger partial charge is 0.316 e. The molecule has 1 aliphatic heterocycles. The van der Waals surface area contributed by atoms with Gasteiger partial charge in [-0.25, -0.2) is 9.97 Å². The lowest BCUT2D eigenvalue weighted by Crippen LogP contribution is -2.31. The number of hydrogen-bond donors (Lipinski definition) is 0. The van der Waals surface area contributed by atoms with Crippen LogP contribution < -0.4 is 0 Å². The second kappa shape index (κ2) is 8.34. The van der Waals surface area contributed by atoms with Crippen LogP contribution in [0, 0.1) is 0 Å². The van der Waals surface area contributed by atoms with Crippen LogP contribution in [0.4, 0.5) is 0 Å². The second-order valence-electron chi connectivity index (χ2n) is 6.45. The fourth-order valence-electron chi connectivity index (χ4n) is 2.63. The summed E-state index contributed by atoms with van der Waals surface area (Å²) in [6.45, 7) is 4.65. The molecule has 0 saturated carbocycles. The fourth-order valence-corrected chi connectivity index (χ4v) is 5.48. The van der Waals surface area contributed by atoms with Crippen molar-refractivity contribution >= 4 is 57.0 Å². The molecule has 0 saturated heterocycles. The number of carbonyl (C=O) groups is 2. The first-order valence-corrected chi connectivity index (χ1v) is 11.0. The number of esters is 2. The Hall–Kier alpha value is -1.36. The van der Waals surface area contributed by atoms with E-state index in [4.69, 9.17) is 9.47 Å². The first-order chi connectivity index (χ1) is 12.8. The van der Waals surface area contributed by atoms with Gasteiger partial charge in [0.05, 0.1) is 37.9 Å². The highest BCUT2D eigenvalue weighted by Crippen LogP contribution is 2.42. The van der Waals surface area contributed by atoms with E-state index >= 15 is 0 Å². The Morgan fingerprint density at radius 3 is 2.48 bits per heavy atom. The lowest BCUT2D eigenvalue weighted by molar-refractivity contribution is -0.138. The van der Waals surface area contributed by atoms with E-state index in [1.807, 2.05) is 0 Å². The summed E-state index contributed by atoms with van der Waals surface area (Å²) in [5, 5.41) is 2.19. The zero-order valence-electron chi connectivity index (χ0n) is 15.5. The van der Waals surface area contributed by atoms with Crippen molar-refractivity contribution in [1.29, 1.82) is 0 Å². The highest BCUT2D eigenvalue weighted by molar-refractivity contribution is 8.00. The maximum atomic E-state index is 11.6. The second-order valence-corrected chi connectivity index (χ2v) is 9.44. The third kappa shape index (κ3) is 4.74. The van der Waals surface area contributed by atoms with Crippen LogP contribution in [0.2, 0.25) is 0 Å². The van der Waals surface area contributed by atoms with E-state index < -0.39 is 0 Å². The van der Waals surface area contributed by atoms with Crippen molar-refractivity contribution in [3.8, 4) is 0 Å². The number of thiophene rings is 1. The first-order valence-electron chi connectivity index (χ1n) is 8.18. The van der Waals surface area contributed by atoms with Gasteiger partial charge in [-0.1, -0.05) is 23.5 Å². The van der Waals surface area contributed by atoms with Crippen LogP contribution in [0.5, 0.6) is 0 Å². The largest absolute Gasteiger partial charge is 0.468 e. The molecule has 0 radical (unpaired) electrons. The van der Waals surface area contributed by atoms with Crippen LogP contribution in [0.1, 0.15) is 24.3 Å². The topological polar surface area (TPSA) is 87.6 Å². The molecule has 0 atom stereocenters. The molecule has 0 amide bonds. The Morgan fingerprint density at radius 2 is 1.81 bits per heavy atom. The minimum Gasteiger partial charge on any atom is -0.468 e. The lowest BCUT2D eigenvalue weighted by Gasteiger charge is -2.30. The monoisotopic (exact) mass is 428 g/mol. The van der Waals surface area contributed by atoms with Crippen LogP contribution in [-0.2, 0) is 36.8 Å². The molecule has 0 bridgehead atoms. The van der Waals surface area contributed by atoms with E-state index in [0.717, 1.165) is 26.5 Å². The number of aromatic nitrogens is 2. The Labute approximate surface area is 169 Å². The summed E-state index contributed by atoms with van der Waals surface area (Å²) in [6, 6.07) is 0. The normalized spacial score (nSPS) is 15.4. The summed E-state index contributed by atoms with van der Waals surface area (Å²) >= 11 is 4.12. The van der Waals surface area contributed by atoms with Crippen LogP contribution in [0.3, 0.4) is 0 Å². The molecule has 0 aliphatic carbocycles. The van der Waals surface area contributed by atoms with Crippen molar-refractivity contribution in [3.05, 3.63) is 10.4 Å². The lowest BCUT2D eigenvalue weighted by atomic mass is 9.95. The Balaban J connectivity index is 2.01. The van der Waals surface area contributed by atoms with Crippen molar-refractivity contribution in [3.63, 3.8) is 0 Å². The molecule has 10 heteroatoms. The number of ether oxygens (including phenoxy) is 3. The predicted molar refractivity (Wildman–Crippen MR) is 105 cm³/mol. The van der Waals surface area contributed by atoms with Gasteiger partial charge >= 0.3 is 11.9 Å². The molecule has 2 aromatic heterocycles. The molecule has 2 aromatic rings. The van der Waals surface area contributed by atoms with Crippen molar-refractivity contribution in [2.24, 2.45) is 0 Å². The van der Waals surface area contributed by atoms with Gasteiger partial charge in [0.2, 0.25) is 0 Å². The molecule has 3 rings (SSSR count). The zero-order valence-corrected chi connectivity index (χ0v) is 17.9. The highest BCUT2D eigenvalue weighted by atomic mass is 32.2. The van der Waals surface area contributed by atoms with E-state index in [9.17, 15) is 9.59 Å². The van der Waals surface area contributed by atoms with Crippen molar-refractivity contribution in [1.82, 2.24) is 9.97 Å². The summed E-state index contributed by atoms with van der Waals surface area (Å²) in [4.78, 5) is 34.3. The quantitative estimate of drug-likeness (QED) is 0.298. The average molecular weight is 429 g/mol. The number of thioether (sulfide) groups is 2. The maximum absolute atomic E-state index is 11.6. The van der Waals surface area contributed by atoms with Crippen LogP contribution in [0.25, 0.3) is 10.2 Å². The molecule has 0 aromatic carbocycles. The SMILES string of the molecule is COC(=O)CSc1nc(SCC(=O)OC)c2c3c(sc2n1)COC(C)(C)C3. The van der Waals surface area contributed by atoms with E-state index in [-0.39, 0.29) is 29.0 Å². The van der Waals surface area contributed by atoms with Gasteiger partial charge in [0.25, 0.3) is 0 Å². The highest BCUT2D eigenvalue weighted by Gasteiger charge is 2.31. The molecule has 7 nitrogen and oxygen atoms in total. The average Bonchev–Trinajstić information content (AvgIpc) is 3.00. The number of carbonyl (C=O) groups excluding carboxylic acids is 2. The van der Waals surface area contributed by atoms with Gasteiger partial charge in [-0.05, 0) is 19.4 Å². The minimum absolute atomic E-state index is 0.129. The Morgan fingerprint density at radius 1 is 1.15 bits per heavy atom. The van der Waals surface area contributed by atoms with Crippen LogP contribution in [0.15, 0.2) is 10.2 Å². The molecular weight excluding hydrogens is 408 g/mol. The molecule has 0 unspecified atom stereocenters. The van der Waals surface area contributed by atoms with Gasteiger partial charge in [-0.3, -0.25) is 9.59 Å². The standard InChI is InChI=1S/C17H20N2O5S3/c1-17(2)5-9-10(6-24-17)27-15-13(9)14(25-7-11(20)22-3)18-16(19-15)26-8-12(21)23-4/h5-8H2,1-4H3. The van der Waals surface area contributed by atoms with Gasteiger partial charge in [0.15, 0.2) is 5.16 Å². The van der Waals surface area contributed by atoms with Gasteiger partial charge in [-0.15, -0.1) is 11.3 Å². The zero-order chi connectivity index (χ0) is 19.6. The molecule has 146 valence electrons. The summed E-state index contributed by atoms with van der Waals surface area (Å²) in [5.74, 6) is -0.366. The molecule has 0 fully saturated rings. The summed E-state index contributed by atoms with van der Waals surface area (Å²) < 4.78 is 15.3. The Bertz CT molecular complexity index is 881. The molecule has 0 N–H and O–H groups in total. The number of nitrogens with zero attached hydrogens (tertiary/aromatic N) is 2. The third-order valence-corrected chi connectivity index (χ3v) is 6.85.